The molecule has 10 rings (SSSR count). The number of hydrogen-bond acceptors (Lipinski definition) is 4. The van der Waals surface area contributed by atoms with Gasteiger partial charge in [-0.05, 0) is 93.2 Å². The third kappa shape index (κ3) is 6.32. The molecule has 0 bridgehead atoms. The largest absolute Gasteiger partial charge is 0.507 e. The molecule has 0 fully saturated rings. The number of phenols is 1. The zero-order valence-electron chi connectivity index (χ0n) is 34.2. The van der Waals surface area contributed by atoms with E-state index in [9.17, 15) is 5.11 Å². The van der Waals surface area contributed by atoms with Crippen molar-refractivity contribution in [3.05, 3.63) is 163 Å². The predicted molar refractivity (Wildman–Crippen MR) is 247 cm³/mol. The van der Waals surface area contributed by atoms with Crippen LogP contribution in [-0.2, 0) is 5.41 Å². The maximum Gasteiger partial charge on any atom is 0.149 e. The van der Waals surface area contributed by atoms with Crippen LogP contribution in [0.2, 0.25) is 19.6 Å². The highest BCUT2D eigenvalue weighted by molar-refractivity contribution is 6.88. The van der Waals surface area contributed by atoms with E-state index in [1.165, 1.54) is 10.8 Å². The number of aromatic hydroxyl groups is 1. The monoisotopic (exact) mass is 783 g/mol. The van der Waals surface area contributed by atoms with E-state index < -0.39 is 8.07 Å². The summed E-state index contributed by atoms with van der Waals surface area (Å²) in [5, 5.41) is 15.1. The summed E-state index contributed by atoms with van der Waals surface area (Å²) < 4.78 is 8.94. The molecule has 3 heterocycles. The van der Waals surface area contributed by atoms with Crippen LogP contribution in [0.4, 0.5) is 0 Å². The quantitative estimate of drug-likeness (QED) is 0.171. The third-order valence-electron chi connectivity index (χ3n) is 11.7. The molecular formula is C53H45N3O2Si. The van der Waals surface area contributed by atoms with Gasteiger partial charge >= 0.3 is 0 Å². The molecule has 1 N–H and O–H groups in total. The van der Waals surface area contributed by atoms with Crippen LogP contribution < -0.4 is 9.92 Å². The molecule has 0 spiro atoms. The molecule has 7 aromatic carbocycles. The molecule has 1 aliphatic rings. The summed E-state index contributed by atoms with van der Waals surface area (Å²) in [4.78, 5) is 10.4. The minimum atomic E-state index is -1.41. The van der Waals surface area contributed by atoms with E-state index in [-0.39, 0.29) is 11.2 Å². The van der Waals surface area contributed by atoms with E-state index in [2.05, 4.69) is 178 Å². The minimum Gasteiger partial charge on any atom is -0.507 e. The highest BCUT2D eigenvalue weighted by atomic mass is 28.3. The van der Waals surface area contributed by atoms with Crippen LogP contribution in [0.3, 0.4) is 0 Å². The summed E-state index contributed by atoms with van der Waals surface area (Å²) >= 11 is 0. The van der Waals surface area contributed by atoms with Gasteiger partial charge in [-0.2, -0.15) is 0 Å². The van der Waals surface area contributed by atoms with Gasteiger partial charge in [0.25, 0.3) is 0 Å². The maximum absolute atomic E-state index is 11.6. The van der Waals surface area contributed by atoms with Gasteiger partial charge in [0, 0.05) is 22.9 Å². The second kappa shape index (κ2) is 13.7. The summed E-state index contributed by atoms with van der Waals surface area (Å²) in [5.74, 6) is 2.44. The summed E-state index contributed by atoms with van der Waals surface area (Å²) in [7, 11) is -1.41. The van der Waals surface area contributed by atoms with E-state index in [0.29, 0.717) is 11.4 Å². The number of fused-ring (bicyclic) bond motifs is 3. The van der Waals surface area contributed by atoms with Gasteiger partial charge in [-0.25, -0.2) is 4.98 Å². The standard InChI is InChI=1S/C53H45N3O2Si/c1-53(2,3)38-22-25-46(57)42(32-38)52-55-50-41(16-12-18-45(50)56(52)44-17-11-10-15-40(44)34-13-8-7-9-14-34)35-21-26-47-43(30-35)51-49-36(27-28-54-51)29-37(31-48(49)58-47)33-19-23-39(24-20-33)59(4,5)6/h7-32,57H,1-6H3. The summed E-state index contributed by atoms with van der Waals surface area (Å²) in [5.41, 5.74) is 12.7. The van der Waals surface area contributed by atoms with E-state index >= 15 is 0 Å². The van der Waals surface area contributed by atoms with Crippen molar-refractivity contribution < 1.29 is 9.84 Å². The molecular weight excluding hydrogens is 739 g/mol. The van der Waals surface area contributed by atoms with Gasteiger partial charge in [-0.1, -0.05) is 143 Å². The molecule has 1 aliphatic heterocycles. The van der Waals surface area contributed by atoms with Crippen LogP contribution in [0.1, 0.15) is 26.3 Å². The molecule has 0 atom stereocenters. The number of ether oxygens (including phenoxy) is 1. The second-order valence-electron chi connectivity index (χ2n) is 17.7. The Kier molecular flexibility index (Phi) is 8.48. The average Bonchev–Trinajstić information content (AvgIpc) is 3.63. The van der Waals surface area contributed by atoms with Crippen LogP contribution in [0.5, 0.6) is 17.2 Å². The fraction of sp³-hybridized carbons (Fsp3) is 0.132. The molecule has 2 aromatic heterocycles. The second-order valence-corrected chi connectivity index (χ2v) is 22.8. The zero-order chi connectivity index (χ0) is 40.6. The molecule has 0 aliphatic carbocycles. The number of para-hydroxylation sites is 2. The average molecular weight is 784 g/mol. The number of rotatable bonds is 6. The van der Waals surface area contributed by atoms with Crippen molar-refractivity contribution in [3.8, 4) is 79.0 Å². The topological polar surface area (TPSA) is 60.2 Å². The lowest BCUT2D eigenvalue weighted by Gasteiger charge is -2.22. The van der Waals surface area contributed by atoms with Crippen LogP contribution in [0, 0.1) is 0 Å². The smallest absolute Gasteiger partial charge is 0.149 e. The molecule has 6 heteroatoms. The van der Waals surface area contributed by atoms with Crippen LogP contribution in [0.25, 0.3) is 83.5 Å². The number of aromatic nitrogens is 3. The Morgan fingerprint density at radius 2 is 1.34 bits per heavy atom. The number of benzene rings is 7. The summed E-state index contributed by atoms with van der Waals surface area (Å²) in [6, 6.07) is 53.0. The van der Waals surface area contributed by atoms with Crippen molar-refractivity contribution >= 4 is 35.1 Å². The van der Waals surface area contributed by atoms with E-state index in [1.807, 2.05) is 18.3 Å². The maximum atomic E-state index is 11.6. The highest BCUT2D eigenvalue weighted by Crippen LogP contribution is 2.49. The lowest BCUT2D eigenvalue weighted by atomic mass is 9.86. The van der Waals surface area contributed by atoms with Crippen LogP contribution in [-0.4, -0.2) is 27.7 Å². The summed E-state index contributed by atoms with van der Waals surface area (Å²) in [6.07, 6.45) is 1.90. The molecule has 0 amide bonds. The first kappa shape index (κ1) is 36.6. The Hall–Kier alpha value is -6.76. The van der Waals surface area contributed by atoms with Gasteiger partial charge < -0.3 is 9.84 Å². The molecule has 0 saturated carbocycles. The van der Waals surface area contributed by atoms with Gasteiger partial charge in [0.05, 0.1) is 41.4 Å². The zero-order valence-corrected chi connectivity index (χ0v) is 35.2. The van der Waals surface area contributed by atoms with Crippen molar-refractivity contribution in [1.29, 1.82) is 0 Å². The molecule has 288 valence electrons. The van der Waals surface area contributed by atoms with Gasteiger partial charge in [0.15, 0.2) is 0 Å². The van der Waals surface area contributed by atoms with E-state index in [0.717, 1.165) is 83.6 Å². The molecule has 59 heavy (non-hydrogen) atoms. The fourth-order valence-corrected chi connectivity index (χ4v) is 9.62. The lowest BCUT2D eigenvalue weighted by molar-refractivity contribution is 0.475. The molecule has 0 saturated heterocycles. The SMILES string of the molecule is CC(C)(C)c1ccc(O)c(-c2nc3c(-c4ccc5c(c4)-c4nccc6cc(-c7ccc([Si](C)(C)C)cc7)cc(c46)O5)cccc3n2-c2ccccc2-c2ccccc2)c1. The molecule has 5 nitrogen and oxygen atoms in total. The highest BCUT2D eigenvalue weighted by Gasteiger charge is 2.27. The van der Waals surface area contributed by atoms with Gasteiger partial charge in [0.2, 0.25) is 0 Å². The number of imidazole rings is 1. The van der Waals surface area contributed by atoms with Gasteiger partial charge in [0.1, 0.15) is 23.1 Å². The number of pyridine rings is 1. The van der Waals surface area contributed by atoms with Gasteiger partial charge in [-0.15, -0.1) is 0 Å². The lowest BCUT2D eigenvalue weighted by Crippen LogP contribution is -2.37. The number of phenolic OH excluding ortho intramolecular Hbond substituents is 1. The Bertz CT molecular complexity index is 3100. The van der Waals surface area contributed by atoms with E-state index in [4.69, 9.17) is 14.7 Å². The molecule has 0 radical (unpaired) electrons. The Labute approximate surface area is 346 Å². The van der Waals surface area contributed by atoms with Crippen molar-refractivity contribution in [2.45, 2.75) is 45.8 Å². The Morgan fingerprint density at radius 3 is 2.12 bits per heavy atom. The van der Waals surface area contributed by atoms with Crippen LogP contribution >= 0.6 is 0 Å². The van der Waals surface area contributed by atoms with E-state index in [1.54, 1.807) is 6.07 Å². The van der Waals surface area contributed by atoms with Crippen LogP contribution in [0.15, 0.2) is 158 Å². The van der Waals surface area contributed by atoms with Gasteiger partial charge in [-0.3, -0.25) is 9.55 Å². The number of nitrogens with zero attached hydrogens (tertiary/aromatic N) is 3. The first-order chi connectivity index (χ1) is 28.4. The number of hydrogen-bond donors (Lipinski definition) is 1. The summed E-state index contributed by atoms with van der Waals surface area (Å²) in [6.45, 7) is 13.7. The normalized spacial score (nSPS) is 12.4. The Morgan fingerprint density at radius 1 is 0.593 bits per heavy atom. The minimum absolute atomic E-state index is 0.131. The molecule has 9 aromatic rings. The third-order valence-corrected chi connectivity index (χ3v) is 13.8. The predicted octanol–water partition coefficient (Wildman–Crippen LogP) is 13.6. The first-order valence-electron chi connectivity index (χ1n) is 20.3. The Balaban J connectivity index is 1.15. The van der Waals surface area contributed by atoms with Crippen molar-refractivity contribution in [3.63, 3.8) is 0 Å². The molecule has 0 unspecified atom stereocenters. The first-order valence-corrected chi connectivity index (χ1v) is 23.8. The van der Waals surface area contributed by atoms with Crippen molar-refractivity contribution in [2.75, 3.05) is 0 Å². The fourth-order valence-electron chi connectivity index (χ4n) is 8.45. The van der Waals surface area contributed by atoms with Crippen molar-refractivity contribution in [1.82, 2.24) is 14.5 Å². The van der Waals surface area contributed by atoms with Crippen molar-refractivity contribution in [2.24, 2.45) is 0 Å².